The van der Waals surface area contributed by atoms with Gasteiger partial charge in [0.1, 0.15) is 5.75 Å². The third-order valence-electron chi connectivity index (χ3n) is 7.32. The topological polar surface area (TPSA) is 59.3 Å². The highest BCUT2D eigenvalue weighted by Gasteiger charge is 2.15. The van der Waals surface area contributed by atoms with Crippen molar-refractivity contribution in [1.29, 1.82) is 0 Å². The molecule has 216 valence electrons. The van der Waals surface area contributed by atoms with Crippen LogP contribution < -0.4 is 14.6 Å². The number of carbonyl (C=O) groups excluding carboxylic acids is 2. The van der Waals surface area contributed by atoms with Crippen molar-refractivity contribution in [2.24, 2.45) is 0 Å². The summed E-state index contributed by atoms with van der Waals surface area (Å²) in [5, 5.41) is 5.07. The van der Waals surface area contributed by atoms with E-state index in [1.165, 1.54) is 76.8 Å². The molecule has 3 rings (SSSR count). The van der Waals surface area contributed by atoms with E-state index in [9.17, 15) is 9.59 Å². The number of benzene rings is 2. The van der Waals surface area contributed by atoms with Gasteiger partial charge >= 0.3 is 0 Å². The van der Waals surface area contributed by atoms with E-state index in [2.05, 4.69) is 34.6 Å². The fraction of sp³-hybridized carbons (Fsp3) is 0.500. The molecule has 6 heteroatoms. The minimum atomic E-state index is -0.245. The van der Waals surface area contributed by atoms with Crippen molar-refractivity contribution < 1.29 is 18.9 Å². The minimum Gasteiger partial charge on any atom is -0.493 e. The Morgan fingerprint density at radius 2 is 1.48 bits per heavy atom. The number of aromatic nitrogens is 1. The lowest BCUT2D eigenvalue weighted by atomic mass is 10.1. The van der Waals surface area contributed by atoms with Crippen LogP contribution in [-0.4, -0.2) is 18.3 Å². The van der Waals surface area contributed by atoms with Gasteiger partial charge in [0.15, 0.2) is 18.0 Å². The second-order valence-electron chi connectivity index (χ2n) is 10.8. The van der Waals surface area contributed by atoms with Gasteiger partial charge in [-0.1, -0.05) is 101 Å². The molecule has 0 saturated carbocycles. The summed E-state index contributed by atoms with van der Waals surface area (Å²) < 4.78 is 8.15. The number of nitrogens with zero attached hydrogens (tertiary/aromatic N) is 1. The summed E-state index contributed by atoms with van der Waals surface area (Å²) in [5.41, 5.74) is 6.10. The summed E-state index contributed by atoms with van der Waals surface area (Å²) in [6, 6.07) is 13.0. The van der Waals surface area contributed by atoms with E-state index in [4.69, 9.17) is 4.74 Å². The number of ketones is 1. The summed E-state index contributed by atoms with van der Waals surface area (Å²) in [6.45, 7) is 7.25. The summed E-state index contributed by atoms with van der Waals surface area (Å²) in [4.78, 5) is 25.2. The standard InChI is InChI=1S/C34H46N2O3S/c1-4-5-6-7-8-9-10-11-12-13-14-15-22-39-33-21-18-30(23-32(33)28(3)37)34(38)35-31-19-16-29(17-20-31)24-36-26-40-25-27(36)2/h16-21,23,25-26H,4-15,22,24H2,1-3H3/p+1. The zero-order chi connectivity index (χ0) is 28.6. The van der Waals surface area contributed by atoms with Crippen LogP contribution >= 0.6 is 11.3 Å². The Kier molecular flexibility index (Phi) is 13.9. The fourth-order valence-electron chi connectivity index (χ4n) is 4.81. The molecule has 1 amide bonds. The number of unbranched alkanes of at least 4 members (excludes halogenated alkanes) is 11. The van der Waals surface area contributed by atoms with Crippen LogP contribution in [-0.2, 0) is 6.54 Å². The SMILES string of the molecule is CCCCCCCCCCCCCCOc1ccc(C(=O)Nc2ccc(C[n+]3cscc3C)cc2)cc1C(C)=O. The van der Waals surface area contributed by atoms with Crippen LogP contribution in [0.25, 0.3) is 0 Å². The number of amides is 1. The van der Waals surface area contributed by atoms with Crippen molar-refractivity contribution in [2.45, 2.75) is 104 Å². The van der Waals surface area contributed by atoms with Gasteiger partial charge in [0.25, 0.3) is 5.91 Å². The zero-order valence-corrected chi connectivity index (χ0v) is 25.5. The Morgan fingerprint density at radius 1 is 0.850 bits per heavy atom. The van der Waals surface area contributed by atoms with Crippen LogP contribution in [0.15, 0.2) is 53.4 Å². The normalized spacial score (nSPS) is 11.0. The van der Waals surface area contributed by atoms with E-state index in [1.807, 2.05) is 24.3 Å². The monoisotopic (exact) mass is 563 g/mol. The maximum Gasteiger partial charge on any atom is 0.255 e. The van der Waals surface area contributed by atoms with Crippen LogP contribution in [0.5, 0.6) is 5.75 Å². The second kappa shape index (κ2) is 17.6. The predicted octanol–water partition coefficient (Wildman–Crippen LogP) is 8.93. The lowest BCUT2D eigenvalue weighted by Crippen LogP contribution is -2.34. The van der Waals surface area contributed by atoms with Crippen LogP contribution in [0.2, 0.25) is 0 Å². The number of aryl methyl sites for hydroxylation is 1. The number of hydrogen-bond donors (Lipinski definition) is 1. The van der Waals surface area contributed by atoms with Gasteiger partial charge in [-0.15, -0.1) is 0 Å². The van der Waals surface area contributed by atoms with Gasteiger partial charge in [-0.3, -0.25) is 9.59 Å². The molecule has 0 aliphatic rings. The van der Waals surface area contributed by atoms with Gasteiger partial charge in [0.05, 0.1) is 17.6 Å². The number of hydrogen-bond acceptors (Lipinski definition) is 4. The Labute approximate surface area is 245 Å². The average molecular weight is 564 g/mol. The summed E-state index contributed by atoms with van der Waals surface area (Å²) in [6.07, 6.45) is 15.5. The molecule has 2 aromatic carbocycles. The summed E-state index contributed by atoms with van der Waals surface area (Å²) in [5.74, 6) is 0.202. The lowest BCUT2D eigenvalue weighted by molar-refractivity contribution is -0.689. The molecule has 0 saturated heterocycles. The third-order valence-corrected chi connectivity index (χ3v) is 8.17. The van der Waals surface area contributed by atoms with Crippen LogP contribution in [0.1, 0.15) is 123 Å². The molecule has 0 unspecified atom stereocenters. The lowest BCUT2D eigenvalue weighted by Gasteiger charge is -2.12. The van der Waals surface area contributed by atoms with E-state index in [0.717, 1.165) is 30.6 Å². The molecule has 5 nitrogen and oxygen atoms in total. The van der Waals surface area contributed by atoms with Gasteiger partial charge in [-0.05, 0) is 43.7 Å². The Balaban J connectivity index is 1.39. The maximum atomic E-state index is 12.9. The molecule has 0 radical (unpaired) electrons. The number of ether oxygens (including phenoxy) is 1. The Morgan fingerprint density at radius 3 is 2.05 bits per heavy atom. The van der Waals surface area contributed by atoms with E-state index in [-0.39, 0.29) is 11.7 Å². The first-order valence-corrected chi connectivity index (χ1v) is 16.0. The van der Waals surface area contributed by atoms with Gasteiger partial charge in [0.2, 0.25) is 5.51 Å². The van der Waals surface area contributed by atoms with Crippen molar-refractivity contribution in [3.05, 3.63) is 75.7 Å². The smallest absolute Gasteiger partial charge is 0.255 e. The third kappa shape index (κ3) is 10.9. The van der Waals surface area contributed by atoms with Crippen LogP contribution in [0.3, 0.4) is 0 Å². The maximum absolute atomic E-state index is 12.9. The van der Waals surface area contributed by atoms with Gasteiger partial charge < -0.3 is 10.1 Å². The molecule has 1 N–H and O–H groups in total. The second-order valence-corrected chi connectivity index (χ2v) is 11.5. The Hall–Kier alpha value is -2.99. The number of rotatable bonds is 19. The molecule has 3 aromatic rings. The molecule has 0 bridgehead atoms. The zero-order valence-electron chi connectivity index (χ0n) is 24.7. The number of thiazole rings is 1. The molecular weight excluding hydrogens is 516 g/mol. The first kappa shape index (κ1) is 31.5. The molecule has 0 aliphatic carbocycles. The van der Waals surface area contributed by atoms with E-state index in [0.29, 0.717) is 23.5 Å². The van der Waals surface area contributed by atoms with Crippen molar-refractivity contribution in [2.75, 3.05) is 11.9 Å². The van der Waals surface area contributed by atoms with Gasteiger partial charge in [-0.2, -0.15) is 4.57 Å². The van der Waals surface area contributed by atoms with E-state index >= 15 is 0 Å². The largest absolute Gasteiger partial charge is 0.493 e. The fourth-order valence-corrected chi connectivity index (χ4v) is 5.59. The van der Waals surface area contributed by atoms with Crippen molar-refractivity contribution in [3.63, 3.8) is 0 Å². The van der Waals surface area contributed by atoms with Crippen LogP contribution in [0, 0.1) is 6.92 Å². The number of nitrogens with one attached hydrogen (secondary N) is 1. The van der Waals surface area contributed by atoms with Gasteiger partial charge in [-0.25, -0.2) is 0 Å². The first-order valence-electron chi connectivity index (χ1n) is 15.1. The highest BCUT2D eigenvalue weighted by Crippen LogP contribution is 2.23. The first-order chi connectivity index (χ1) is 19.5. The molecule has 0 atom stereocenters. The van der Waals surface area contributed by atoms with Crippen molar-refractivity contribution >= 4 is 28.7 Å². The minimum absolute atomic E-state index is 0.107. The van der Waals surface area contributed by atoms with Crippen molar-refractivity contribution in [1.82, 2.24) is 0 Å². The molecule has 0 aliphatic heterocycles. The molecule has 1 heterocycles. The van der Waals surface area contributed by atoms with Crippen LogP contribution in [0.4, 0.5) is 5.69 Å². The number of carbonyl (C=O) groups is 2. The Bertz CT molecular complexity index is 1190. The number of anilines is 1. The number of Topliss-reactive ketones (excluding diaryl/α,β-unsaturated/α-hetero) is 1. The van der Waals surface area contributed by atoms with Gasteiger partial charge in [0, 0.05) is 23.7 Å². The van der Waals surface area contributed by atoms with Crippen molar-refractivity contribution in [3.8, 4) is 5.75 Å². The van der Waals surface area contributed by atoms with E-state index < -0.39 is 0 Å². The average Bonchev–Trinajstić information content (AvgIpc) is 3.36. The molecule has 0 spiro atoms. The molecule has 1 aromatic heterocycles. The predicted molar refractivity (Wildman–Crippen MR) is 166 cm³/mol. The highest BCUT2D eigenvalue weighted by atomic mass is 32.1. The molecular formula is C34H47N2O3S+. The summed E-state index contributed by atoms with van der Waals surface area (Å²) >= 11 is 1.68. The van der Waals surface area contributed by atoms with E-state index in [1.54, 1.807) is 29.5 Å². The molecule has 40 heavy (non-hydrogen) atoms. The summed E-state index contributed by atoms with van der Waals surface area (Å²) in [7, 11) is 0. The quantitative estimate of drug-likeness (QED) is 0.0900. The molecule has 0 fully saturated rings. The highest BCUT2D eigenvalue weighted by molar-refractivity contribution is 7.07.